The first-order chi connectivity index (χ1) is 8.86. The number of rotatable bonds is 5. The van der Waals surface area contributed by atoms with Crippen molar-refractivity contribution in [2.45, 2.75) is 63.3 Å². The van der Waals surface area contributed by atoms with Gasteiger partial charge in [0.25, 0.3) is 0 Å². The molecule has 0 saturated heterocycles. The third-order valence-corrected chi connectivity index (χ3v) is 4.24. The molecule has 2 aliphatic carbocycles. The molecule has 4 heteroatoms. The van der Waals surface area contributed by atoms with Gasteiger partial charge >= 0.3 is 0 Å². The van der Waals surface area contributed by atoms with Crippen molar-refractivity contribution in [2.24, 2.45) is 0 Å². The molecule has 0 radical (unpaired) electrons. The minimum atomic E-state index is 0.442. The summed E-state index contributed by atoms with van der Waals surface area (Å²) in [4.78, 5) is 4.25. The fourth-order valence-corrected chi connectivity index (χ4v) is 2.85. The molecule has 1 aromatic rings. The van der Waals surface area contributed by atoms with Crippen molar-refractivity contribution < 1.29 is 4.74 Å². The van der Waals surface area contributed by atoms with E-state index in [1.54, 1.807) is 0 Å². The first-order valence-corrected chi connectivity index (χ1v) is 7.16. The molecule has 0 aliphatic heterocycles. The first kappa shape index (κ1) is 12.2. The lowest BCUT2D eigenvalue weighted by atomic mass is 9.93. The van der Waals surface area contributed by atoms with Gasteiger partial charge in [-0.3, -0.25) is 0 Å². The highest BCUT2D eigenvalue weighted by atomic mass is 16.5. The maximum absolute atomic E-state index is 6.05. The molecule has 0 amide bonds. The highest BCUT2D eigenvalue weighted by molar-refractivity contribution is 5.02. The van der Waals surface area contributed by atoms with E-state index >= 15 is 0 Å². The molecule has 0 atom stereocenters. The van der Waals surface area contributed by atoms with Crippen LogP contribution in [-0.2, 0) is 11.3 Å². The minimum absolute atomic E-state index is 0.442. The van der Waals surface area contributed by atoms with Gasteiger partial charge in [-0.05, 0) is 45.6 Å². The van der Waals surface area contributed by atoms with Crippen LogP contribution in [0.3, 0.4) is 0 Å². The zero-order valence-electron chi connectivity index (χ0n) is 11.1. The summed E-state index contributed by atoms with van der Waals surface area (Å²) in [6.45, 7) is 0.728. The second-order valence-electron chi connectivity index (χ2n) is 5.60. The third-order valence-electron chi connectivity index (χ3n) is 4.24. The van der Waals surface area contributed by atoms with Gasteiger partial charge in [0.2, 0.25) is 0 Å². The zero-order chi connectivity index (χ0) is 12.4. The van der Waals surface area contributed by atoms with E-state index < -0.39 is 0 Å². The number of nitrogens with zero attached hydrogens (tertiary/aromatic N) is 2. The fraction of sp³-hybridized carbons (Fsp3) is 0.786. The molecule has 4 nitrogen and oxygen atoms in total. The summed E-state index contributed by atoms with van der Waals surface area (Å²) in [6.07, 6.45) is 11.8. The maximum atomic E-state index is 6.05. The Balaban J connectivity index is 1.48. The van der Waals surface area contributed by atoms with Gasteiger partial charge in [-0.1, -0.05) is 0 Å². The number of hydrogen-bond acceptors (Lipinski definition) is 3. The topological polar surface area (TPSA) is 39.1 Å². The highest BCUT2D eigenvalue weighted by Crippen LogP contribution is 2.35. The Bertz CT molecular complexity index is 378. The smallest absolute Gasteiger partial charge is 0.0951 e. The molecule has 1 N–H and O–H groups in total. The van der Waals surface area contributed by atoms with Gasteiger partial charge in [0, 0.05) is 12.1 Å². The summed E-state index contributed by atoms with van der Waals surface area (Å²) >= 11 is 0. The van der Waals surface area contributed by atoms with Crippen molar-refractivity contribution >= 4 is 0 Å². The van der Waals surface area contributed by atoms with Crippen LogP contribution in [-0.4, -0.2) is 28.7 Å². The molecule has 2 saturated carbocycles. The van der Waals surface area contributed by atoms with Crippen LogP contribution in [0.1, 0.15) is 50.3 Å². The van der Waals surface area contributed by atoms with E-state index in [9.17, 15) is 0 Å². The maximum Gasteiger partial charge on any atom is 0.0951 e. The Morgan fingerprint density at radius 3 is 2.72 bits per heavy atom. The molecule has 100 valence electrons. The van der Waals surface area contributed by atoms with Crippen LogP contribution in [0, 0.1) is 0 Å². The minimum Gasteiger partial charge on any atom is -0.372 e. The summed E-state index contributed by atoms with van der Waals surface area (Å²) in [5.74, 6) is 0. The number of ether oxygens (including phenoxy) is 1. The lowest BCUT2D eigenvalue weighted by Crippen LogP contribution is -2.33. The molecule has 0 aromatic carbocycles. The Morgan fingerprint density at radius 2 is 2.06 bits per heavy atom. The Labute approximate surface area is 109 Å². The Kier molecular flexibility index (Phi) is 3.66. The van der Waals surface area contributed by atoms with Gasteiger partial charge in [-0.15, -0.1) is 0 Å². The van der Waals surface area contributed by atoms with Crippen molar-refractivity contribution in [3.63, 3.8) is 0 Å². The highest BCUT2D eigenvalue weighted by Gasteiger charge is 2.26. The van der Waals surface area contributed by atoms with E-state index in [1.807, 2.05) is 12.5 Å². The predicted molar refractivity (Wildman–Crippen MR) is 70.4 cm³/mol. The number of aromatic nitrogens is 2. The molecule has 2 aliphatic rings. The Hall–Kier alpha value is -0.870. The van der Waals surface area contributed by atoms with E-state index in [2.05, 4.69) is 21.9 Å². The largest absolute Gasteiger partial charge is 0.372 e. The van der Waals surface area contributed by atoms with Crippen LogP contribution in [0.25, 0.3) is 0 Å². The van der Waals surface area contributed by atoms with Crippen molar-refractivity contribution in [1.29, 1.82) is 0 Å². The van der Waals surface area contributed by atoms with Crippen LogP contribution in [0.4, 0.5) is 0 Å². The van der Waals surface area contributed by atoms with Crippen LogP contribution in [0.15, 0.2) is 12.5 Å². The van der Waals surface area contributed by atoms with Crippen LogP contribution in [0.2, 0.25) is 0 Å². The van der Waals surface area contributed by atoms with Crippen molar-refractivity contribution in [3.05, 3.63) is 18.2 Å². The molecule has 1 aromatic heterocycles. The normalized spacial score (nSPS) is 28.5. The SMILES string of the molecule is CNC1CCC(OCc2cncn2C2CC2)CC1. The van der Waals surface area contributed by atoms with Gasteiger partial charge in [0.1, 0.15) is 0 Å². The van der Waals surface area contributed by atoms with Gasteiger partial charge in [0.05, 0.1) is 30.9 Å². The fourth-order valence-electron chi connectivity index (χ4n) is 2.85. The summed E-state index contributed by atoms with van der Waals surface area (Å²) < 4.78 is 8.34. The number of hydrogen-bond donors (Lipinski definition) is 1. The van der Waals surface area contributed by atoms with Crippen LogP contribution < -0.4 is 5.32 Å². The lowest BCUT2D eigenvalue weighted by Gasteiger charge is -2.28. The van der Waals surface area contributed by atoms with Crippen molar-refractivity contribution in [3.8, 4) is 0 Å². The molecule has 2 fully saturated rings. The molecule has 0 bridgehead atoms. The summed E-state index contributed by atoms with van der Waals surface area (Å²) in [5.41, 5.74) is 1.24. The van der Waals surface area contributed by atoms with E-state index in [1.165, 1.54) is 44.2 Å². The molecule has 0 unspecified atom stereocenters. The van der Waals surface area contributed by atoms with Gasteiger partial charge in [-0.25, -0.2) is 4.98 Å². The van der Waals surface area contributed by atoms with E-state index in [0.717, 1.165) is 6.61 Å². The summed E-state index contributed by atoms with van der Waals surface area (Å²) in [5, 5.41) is 3.36. The molecular formula is C14H23N3O. The Morgan fingerprint density at radius 1 is 1.28 bits per heavy atom. The van der Waals surface area contributed by atoms with Crippen molar-refractivity contribution in [2.75, 3.05) is 7.05 Å². The number of nitrogens with one attached hydrogen (secondary N) is 1. The molecule has 1 heterocycles. The summed E-state index contributed by atoms with van der Waals surface area (Å²) in [6, 6.07) is 1.40. The van der Waals surface area contributed by atoms with Gasteiger partial charge < -0.3 is 14.6 Å². The third kappa shape index (κ3) is 2.75. The average molecular weight is 249 g/mol. The van der Waals surface area contributed by atoms with Crippen LogP contribution >= 0.6 is 0 Å². The predicted octanol–water partition coefficient (Wildman–Crippen LogP) is 2.27. The molecule has 3 rings (SSSR count). The molecular weight excluding hydrogens is 226 g/mol. The van der Waals surface area contributed by atoms with E-state index in [0.29, 0.717) is 18.2 Å². The molecule has 18 heavy (non-hydrogen) atoms. The van der Waals surface area contributed by atoms with Crippen LogP contribution in [0.5, 0.6) is 0 Å². The number of imidazole rings is 1. The van der Waals surface area contributed by atoms with Gasteiger partial charge in [0.15, 0.2) is 0 Å². The summed E-state index contributed by atoms with van der Waals surface area (Å²) in [7, 11) is 2.06. The lowest BCUT2D eigenvalue weighted by molar-refractivity contribution is 0.00903. The van der Waals surface area contributed by atoms with Gasteiger partial charge in [-0.2, -0.15) is 0 Å². The van der Waals surface area contributed by atoms with E-state index in [4.69, 9.17) is 4.74 Å². The second-order valence-corrected chi connectivity index (χ2v) is 5.60. The van der Waals surface area contributed by atoms with E-state index in [-0.39, 0.29) is 0 Å². The van der Waals surface area contributed by atoms with Crippen molar-refractivity contribution in [1.82, 2.24) is 14.9 Å². The standard InChI is InChI=1S/C14H23N3O/c1-15-11-2-6-14(7-3-11)18-9-13-8-16-10-17(13)12-4-5-12/h8,10-12,14-15H,2-7,9H2,1H3. The first-order valence-electron chi connectivity index (χ1n) is 7.16. The molecule has 0 spiro atoms. The quantitative estimate of drug-likeness (QED) is 0.870. The monoisotopic (exact) mass is 249 g/mol. The average Bonchev–Trinajstić information content (AvgIpc) is 3.16. The zero-order valence-corrected chi connectivity index (χ0v) is 11.1. The second kappa shape index (κ2) is 5.41.